The smallest absolute Gasteiger partial charge is 0.394 e. The normalized spacial score (nSPS) is 18.7. The highest BCUT2D eigenvalue weighted by Crippen LogP contribution is 2.42. The van der Waals surface area contributed by atoms with Gasteiger partial charge in [0, 0.05) is 43.7 Å². The van der Waals surface area contributed by atoms with Crippen molar-refractivity contribution >= 4 is 27.3 Å². The van der Waals surface area contributed by atoms with E-state index in [-0.39, 0.29) is 51.9 Å². The molecule has 0 saturated heterocycles. The van der Waals surface area contributed by atoms with Crippen molar-refractivity contribution in [2.75, 3.05) is 12.8 Å². The number of carbonyl (C=O) groups excluding carboxylic acids is 1. The lowest BCUT2D eigenvalue weighted by molar-refractivity contribution is -0.211. The topological polar surface area (TPSA) is 103 Å². The third-order valence-electron chi connectivity index (χ3n) is 7.14. The van der Waals surface area contributed by atoms with Crippen LogP contribution >= 0.6 is 11.6 Å². The van der Waals surface area contributed by atoms with Crippen LogP contribution in [0.4, 0.5) is 22.0 Å². The molecule has 2 aromatic heterocycles. The van der Waals surface area contributed by atoms with Crippen LogP contribution in [0.5, 0.6) is 5.75 Å². The number of halogens is 6. The standard InChI is InChI=1S/C25H32ClF5N4O4S/c1-5-35-21(17-13-32-15(10-18(17)39-23(27)28)11-24(2,3)25(29,30)31)19(26)20(34-35)22(36)33-12-14-6-8-16(9-7-14)40(4,37)38/h10,13-14,16,23H,5-9,11-12H2,1-4H3,(H,33,36). The largest absolute Gasteiger partial charge is 0.434 e. The maximum Gasteiger partial charge on any atom is 0.394 e. The summed E-state index contributed by atoms with van der Waals surface area (Å²) >= 11 is 6.51. The number of nitrogens with one attached hydrogen (secondary N) is 1. The van der Waals surface area contributed by atoms with E-state index in [0.29, 0.717) is 25.7 Å². The molecule has 0 radical (unpaired) electrons. The molecular weight excluding hydrogens is 583 g/mol. The first kappa shape index (κ1) is 32.0. The molecule has 1 N–H and O–H groups in total. The van der Waals surface area contributed by atoms with Gasteiger partial charge >= 0.3 is 12.8 Å². The summed E-state index contributed by atoms with van der Waals surface area (Å²) in [5.41, 5.74) is -2.49. The van der Waals surface area contributed by atoms with Gasteiger partial charge in [-0.15, -0.1) is 0 Å². The number of nitrogens with zero attached hydrogens (tertiary/aromatic N) is 3. The van der Waals surface area contributed by atoms with Gasteiger partial charge in [-0.25, -0.2) is 8.42 Å². The summed E-state index contributed by atoms with van der Waals surface area (Å²) in [4.78, 5) is 17.0. The highest BCUT2D eigenvalue weighted by Gasteiger charge is 2.47. The van der Waals surface area contributed by atoms with Crippen LogP contribution in [0.1, 0.15) is 62.6 Å². The molecular formula is C25H32ClF5N4O4S. The van der Waals surface area contributed by atoms with Crippen LogP contribution in [-0.4, -0.2) is 59.9 Å². The van der Waals surface area contributed by atoms with Crippen LogP contribution in [-0.2, 0) is 22.8 Å². The Balaban J connectivity index is 1.86. The van der Waals surface area contributed by atoms with Crippen LogP contribution < -0.4 is 10.1 Å². The molecule has 1 aliphatic carbocycles. The van der Waals surface area contributed by atoms with Gasteiger partial charge in [0.05, 0.1) is 26.9 Å². The van der Waals surface area contributed by atoms with Gasteiger partial charge in [0.1, 0.15) is 15.6 Å². The Kier molecular flexibility index (Phi) is 9.75. The molecule has 1 fully saturated rings. The lowest BCUT2D eigenvalue weighted by Gasteiger charge is -2.27. The van der Waals surface area contributed by atoms with Gasteiger partial charge in [-0.2, -0.15) is 27.1 Å². The number of sulfone groups is 1. The fourth-order valence-electron chi connectivity index (χ4n) is 4.65. The Bertz CT molecular complexity index is 1320. The first-order valence-corrected chi connectivity index (χ1v) is 15.0. The zero-order valence-electron chi connectivity index (χ0n) is 22.5. The molecule has 0 aliphatic heterocycles. The SMILES string of the molecule is CCn1nc(C(=O)NCC2CCC(S(C)(=O)=O)CC2)c(Cl)c1-c1cnc(CC(C)(C)C(F)(F)F)cc1OC(F)F. The first-order chi connectivity index (χ1) is 18.4. The van der Waals surface area contributed by atoms with Gasteiger partial charge in [0.25, 0.3) is 5.91 Å². The Hall–Kier alpha value is -2.48. The number of carbonyl (C=O) groups is 1. The van der Waals surface area contributed by atoms with Crippen molar-refractivity contribution in [3.05, 3.63) is 28.7 Å². The number of amides is 1. The van der Waals surface area contributed by atoms with Crippen LogP contribution in [0.2, 0.25) is 5.02 Å². The van der Waals surface area contributed by atoms with Crippen molar-refractivity contribution in [2.24, 2.45) is 11.3 Å². The summed E-state index contributed by atoms with van der Waals surface area (Å²) < 4.78 is 96.2. The van der Waals surface area contributed by atoms with E-state index in [1.807, 2.05) is 0 Å². The zero-order valence-corrected chi connectivity index (χ0v) is 24.1. The second kappa shape index (κ2) is 12.2. The summed E-state index contributed by atoms with van der Waals surface area (Å²) in [6.45, 7) is 0.778. The molecule has 15 heteroatoms. The first-order valence-electron chi connectivity index (χ1n) is 12.7. The molecule has 0 bridgehead atoms. The number of ether oxygens (including phenoxy) is 1. The van der Waals surface area contributed by atoms with E-state index in [2.05, 4.69) is 20.1 Å². The number of alkyl halides is 5. The average molecular weight is 615 g/mol. The van der Waals surface area contributed by atoms with E-state index in [9.17, 15) is 35.2 Å². The van der Waals surface area contributed by atoms with Gasteiger partial charge in [-0.05, 0) is 38.5 Å². The Morgan fingerprint density at radius 1 is 1.23 bits per heavy atom. The average Bonchev–Trinajstić information content (AvgIpc) is 3.17. The molecule has 2 heterocycles. The third-order valence-corrected chi connectivity index (χ3v) is 9.18. The van der Waals surface area contributed by atoms with E-state index in [1.165, 1.54) is 10.9 Å². The van der Waals surface area contributed by atoms with E-state index in [0.717, 1.165) is 26.1 Å². The van der Waals surface area contributed by atoms with Crippen LogP contribution in [0.15, 0.2) is 12.3 Å². The minimum absolute atomic E-state index is 0.0489. The van der Waals surface area contributed by atoms with Crippen LogP contribution in [0, 0.1) is 11.3 Å². The molecule has 1 aliphatic rings. The van der Waals surface area contributed by atoms with Crippen molar-refractivity contribution in [1.82, 2.24) is 20.1 Å². The molecule has 2 aromatic rings. The summed E-state index contributed by atoms with van der Waals surface area (Å²) in [6, 6.07) is 1.00. The summed E-state index contributed by atoms with van der Waals surface area (Å²) in [7, 11) is -3.12. The lowest BCUT2D eigenvalue weighted by Crippen LogP contribution is -2.34. The van der Waals surface area contributed by atoms with Crippen molar-refractivity contribution < 1.29 is 39.9 Å². The predicted molar refractivity (Wildman–Crippen MR) is 139 cm³/mol. The number of hydrogen-bond donors (Lipinski definition) is 1. The highest BCUT2D eigenvalue weighted by atomic mass is 35.5. The number of rotatable bonds is 10. The number of pyridine rings is 1. The number of hydrogen-bond acceptors (Lipinski definition) is 6. The van der Waals surface area contributed by atoms with Crippen molar-refractivity contribution in [1.29, 1.82) is 0 Å². The van der Waals surface area contributed by atoms with Gasteiger partial charge in [0.2, 0.25) is 0 Å². The van der Waals surface area contributed by atoms with Crippen molar-refractivity contribution in [2.45, 2.75) is 77.5 Å². The molecule has 1 amide bonds. The maximum atomic E-state index is 13.4. The van der Waals surface area contributed by atoms with Gasteiger partial charge < -0.3 is 10.1 Å². The van der Waals surface area contributed by atoms with Crippen LogP contribution in [0.25, 0.3) is 11.3 Å². The molecule has 40 heavy (non-hydrogen) atoms. The van der Waals surface area contributed by atoms with Gasteiger partial charge in [0.15, 0.2) is 5.69 Å². The summed E-state index contributed by atoms with van der Waals surface area (Å²) in [6.07, 6.45) is -0.594. The van der Waals surface area contributed by atoms with E-state index >= 15 is 0 Å². The third kappa shape index (κ3) is 7.42. The van der Waals surface area contributed by atoms with E-state index in [1.54, 1.807) is 6.92 Å². The van der Waals surface area contributed by atoms with E-state index < -0.39 is 46.1 Å². The Morgan fingerprint density at radius 2 is 1.85 bits per heavy atom. The molecule has 0 aromatic carbocycles. The maximum absolute atomic E-state index is 13.4. The minimum atomic E-state index is -4.56. The molecule has 0 unspecified atom stereocenters. The van der Waals surface area contributed by atoms with Crippen LogP contribution in [0.3, 0.4) is 0 Å². The summed E-state index contributed by atoms with van der Waals surface area (Å²) in [5, 5.41) is 6.42. The van der Waals surface area contributed by atoms with Crippen molar-refractivity contribution in [3.8, 4) is 17.0 Å². The van der Waals surface area contributed by atoms with Gasteiger partial charge in [-0.1, -0.05) is 25.4 Å². The Morgan fingerprint density at radius 3 is 2.38 bits per heavy atom. The second-order valence-electron chi connectivity index (χ2n) is 10.6. The quantitative estimate of drug-likeness (QED) is 0.345. The molecule has 0 spiro atoms. The molecule has 8 nitrogen and oxygen atoms in total. The van der Waals surface area contributed by atoms with Gasteiger partial charge in [-0.3, -0.25) is 14.5 Å². The minimum Gasteiger partial charge on any atom is -0.434 e. The lowest BCUT2D eigenvalue weighted by atomic mass is 9.86. The molecule has 224 valence electrons. The second-order valence-corrected chi connectivity index (χ2v) is 13.3. The molecule has 3 rings (SSSR count). The molecule has 0 atom stereocenters. The number of aryl methyl sites for hydroxylation is 1. The fourth-order valence-corrected chi connectivity index (χ4v) is 6.11. The monoisotopic (exact) mass is 614 g/mol. The van der Waals surface area contributed by atoms with Crippen molar-refractivity contribution in [3.63, 3.8) is 0 Å². The molecule has 1 saturated carbocycles. The fraction of sp³-hybridized carbons (Fsp3) is 0.640. The highest BCUT2D eigenvalue weighted by molar-refractivity contribution is 7.91. The predicted octanol–water partition coefficient (Wildman–Crippen LogP) is 5.68. The number of aromatic nitrogens is 3. The van der Waals surface area contributed by atoms with E-state index in [4.69, 9.17) is 11.6 Å². The zero-order chi connectivity index (χ0) is 30.0. The Labute approximate surface area is 234 Å². The summed E-state index contributed by atoms with van der Waals surface area (Å²) in [5.74, 6) is -1.00.